The van der Waals surface area contributed by atoms with E-state index in [-0.39, 0.29) is 0 Å². The van der Waals surface area contributed by atoms with Crippen molar-refractivity contribution in [2.75, 3.05) is 10.6 Å². The highest BCUT2D eigenvalue weighted by Gasteiger charge is 2.05. The van der Waals surface area contributed by atoms with Gasteiger partial charge in [0, 0.05) is 23.1 Å². The maximum absolute atomic E-state index is 4.58. The summed E-state index contributed by atoms with van der Waals surface area (Å²) in [4.78, 5) is 9.05. The van der Waals surface area contributed by atoms with E-state index in [1.165, 1.54) is 11.1 Å². The van der Waals surface area contributed by atoms with Crippen LogP contribution in [0.2, 0.25) is 0 Å². The summed E-state index contributed by atoms with van der Waals surface area (Å²) < 4.78 is 0. The number of hydrogen-bond donors (Lipinski definition) is 2. The van der Waals surface area contributed by atoms with E-state index in [0.717, 1.165) is 22.9 Å². The van der Waals surface area contributed by atoms with E-state index in [1.807, 2.05) is 25.1 Å². The topological polar surface area (TPSA) is 49.8 Å². The Morgan fingerprint density at radius 2 is 1.56 bits per heavy atom. The highest BCUT2D eigenvalue weighted by molar-refractivity contribution is 5.60. The molecule has 25 heavy (non-hydrogen) atoms. The van der Waals surface area contributed by atoms with Gasteiger partial charge in [0.15, 0.2) is 0 Å². The lowest BCUT2D eigenvalue weighted by Gasteiger charge is -2.11. The molecule has 0 saturated carbocycles. The molecule has 0 aliphatic carbocycles. The number of aryl methyl sites for hydroxylation is 2. The van der Waals surface area contributed by atoms with Gasteiger partial charge in [0.1, 0.15) is 5.82 Å². The van der Waals surface area contributed by atoms with E-state index < -0.39 is 0 Å². The first-order valence-electron chi connectivity index (χ1n) is 8.56. The summed E-state index contributed by atoms with van der Waals surface area (Å²) in [6.07, 6.45) is 0. The van der Waals surface area contributed by atoms with Gasteiger partial charge < -0.3 is 10.6 Å². The largest absolute Gasteiger partial charge is 0.340 e. The van der Waals surface area contributed by atoms with Crippen LogP contribution in [0.1, 0.15) is 36.6 Å². The van der Waals surface area contributed by atoms with Crippen LogP contribution in [0, 0.1) is 13.8 Å². The van der Waals surface area contributed by atoms with Gasteiger partial charge in [0.05, 0.1) is 0 Å². The van der Waals surface area contributed by atoms with Crippen LogP contribution < -0.4 is 10.6 Å². The second kappa shape index (κ2) is 7.34. The number of nitrogens with one attached hydrogen (secondary N) is 2. The molecule has 3 aromatic rings. The summed E-state index contributed by atoms with van der Waals surface area (Å²) >= 11 is 0. The SMILES string of the molecule is Cc1cccc(Nc2nc(C)cc(Nc3ccc(C(C)C)cc3)n2)c1. The van der Waals surface area contributed by atoms with E-state index >= 15 is 0 Å². The van der Waals surface area contributed by atoms with E-state index in [4.69, 9.17) is 0 Å². The van der Waals surface area contributed by atoms with Gasteiger partial charge in [-0.1, -0.05) is 38.1 Å². The standard InChI is InChI=1S/C21H24N4/c1-14(2)17-8-10-18(11-9-17)23-20-13-16(4)22-21(25-20)24-19-7-5-6-15(3)12-19/h5-14H,1-4H3,(H2,22,23,24,25). The number of nitrogens with zero attached hydrogens (tertiary/aromatic N) is 2. The molecule has 1 heterocycles. The van der Waals surface area contributed by atoms with Crippen molar-refractivity contribution < 1.29 is 0 Å². The Bertz CT molecular complexity index is 854. The predicted octanol–water partition coefficient (Wildman–Crippen LogP) is 5.70. The molecular weight excluding hydrogens is 308 g/mol. The molecule has 0 aliphatic heterocycles. The van der Waals surface area contributed by atoms with Crippen molar-refractivity contribution in [2.45, 2.75) is 33.6 Å². The lowest BCUT2D eigenvalue weighted by molar-refractivity contribution is 0.867. The molecule has 2 N–H and O–H groups in total. The first-order valence-corrected chi connectivity index (χ1v) is 8.56. The van der Waals surface area contributed by atoms with Crippen LogP contribution in [-0.4, -0.2) is 9.97 Å². The minimum Gasteiger partial charge on any atom is -0.340 e. The van der Waals surface area contributed by atoms with Gasteiger partial charge in [-0.3, -0.25) is 0 Å². The fraction of sp³-hybridized carbons (Fsp3) is 0.238. The summed E-state index contributed by atoms with van der Waals surface area (Å²) in [6, 6.07) is 18.6. The maximum Gasteiger partial charge on any atom is 0.229 e. The normalized spacial score (nSPS) is 10.8. The maximum atomic E-state index is 4.58. The fourth-order valence-corrected chi connectivity index (χ4v) is 2.64. The summed E-state index contributed by atoms with van der Waals surface area (Å²) in [6.45, 7) is 8.42. The van der Waals surface area contributed by atoms with Gasteiger partial charge in [-0.05, 0) is 55.2 Å². The van der Waals surface area contributed by atoms with Crippen molar-refractivity contribution in [3.05, 3.63) is 71.4 Å². The summed E-state index contributed by atoms with van der Waals surface area (Å²) in [5, 5.41) is 6.63. The Morgan fingerprint density at radius 3 is 2.24 bits per heavy atom. The first-order chi connectivity index (χ1) is 12.0. The summed E-state index contributed by atoms with van der Waals surface area (Å²) in [5.74, 6) is 1.90. The molecule has 4 nitrogen and oxygen atoms in total. The van der Waals surface area contributed by atoms with Gasteiger partial charge in [-0.2, -0.15) is 4.98 Å². The molecule has 0 fully saturated rings. The highest BCUT2D eigenvalue weighted by atomic mass is 15.1. The molecule has 4 heteroatoms. The fourth-order valence-electron chi connectivity index (χ4n) is 2.64. The van der Waals surface area contributed by atoms with Gasteiger partial charge >= 0.3 is 0 Å². The Labute approximate surface area is 149 Å². The number of benzene rings is 2. The third kappa shape index (κ3) is 4.57. The zero-order valence-corrected chi connectivity index (χ0v) is 15.2. The Balaban J connectivity index is 1.79. The number of rotatable bonds is 5. The van der Waals surface area contributed by atoms with E-state index in [9.17, 15) is 0 Å². The quantitative estimate of drug-likeness (QED) is 0.629. The molecule has 128 valence electrons. The van der Waals surface area contributed by atoms with Gasteiger partial charge in [0.25, 0.3) is 0 Å². The van der Waals surface area contributed by atoms with Crippen LogP contribution in [0.4, 0.5) is 23.1 Å². The number of aromatic nitrogens is 2. The first kappa shape index (κ1) is 17.0. The number of hydrogen-bond acceptors (Lipinski definition) is 4. The van der Waals surface area contributed by atoms with Crippen LogP contribution in [0.5, 0.6) is 0 Å². The van der Waals surface area contributed by atoms with Crippen molar-refractivity contribution in [1.82, 2.24) is 9.97 Å². The zero-order chi connectivity index (χ0) is 17.8. The van der Waals surface area contributed by atoms with Crippen molar-refractivity contribution in [2.24, 2.45) is 0 Å². The van der Waals surface area contributed by atoms with Crippen molar-refractivity contribution in [3.8, 4) is 0 Å². The molecule has 1 aromatic heterocycles. The Kier molecular flexibility index (Phi) is 4.98. The third-order valence-corrected chi connectivity index (χ3v) is 3.98. The molecule has 0 amide bonds. The molecular formula is C21H24N4. The second-order valence-electron chi connectivity index (χ2n) is 6.61. The average Bonchev–Trinajstić information content (AvgIpc) is 2.54. The molecule has 0 unspecified atom stereocenters. The zero-order valence-electron chi connectivity index (χ0n) is 15.2. The Morgan fingerprint density at radius 1 is 0.800 bits per heavy atom. The molecule has 0 atom stereocenters. The minimum absolute atomic E-state index is 0.528. The van der Waals surface area contributed by atoms with Crippen LogP contribution in [0.3, 0.4) is 0 Å². The lowest BCUT2D eigenvalue weighted by atomic mass is 10.0. The minimum atomic E-state index is 0.528. The van der Waals surface area contributed by atoms with Crippen molar-refractivity contribution in [1.29, 1.82) is 0 Å². The summed E-state index contributed by atoms with van der Waals surface area (Å²) in [7, 11) is 0. The van der Waals surface area contributed by atoms with Crippen molar-refractivity contribution >= 4 is 23.1 Å². The van der Waals surface area contributed by atoms with Gasteiger partial charge in [0.2, 0.25) is 5.95 Å². The van der Waals surface area contributed by atoms with Gasteiger partial charge in [-0.25, -0.2) is 4.98 Å². The molecule has 0 saturated heterocycles. The molecule has 3 rings (SSSR count). The molecule has 0 aliphatic rings. The molecule has 2 aromatic carbocycles. The van der Waals surface area contributed by atoms with Gasteiger partial charge in [-0.15, -0.1) is 0 Å². The van der Waals surface area contributed by atoms with Crippen LogP contribution in [0.15, 0.2) is 54.6 Å². The third-order valence-electron chi connectivity index (χ3n) is 3.98. The Hall–Kier alpha value is -2.88. The van der Waals surface area contributed by atoms with E-state index in [1.54, 1.807) is 0 Å². The second-order valence-corrected chi connectivity index (χ2v) is 6.61. The monoisotopic (exact) mass is 332 g/mol. The van der Waals surface area contributed by atoms with Crippen LogP contribution in [0.25, 0.3) is 0 Å². The lowest BCUT2D eigenvalue weighted by Crippen LogP contribution is -2.02. The predicted molar refractivity (Wildman–Crippen MR) is 105 cm³/mol. The molecule has 0 spiro atoms. The van der Waals surface area contributed by atoms with E-state index in [0.29, 0.717) is 11.9 Å². The average molecular weight is 332 g/mol. The number of anilines is 4. The highest BCUT2D eigenvalue weighted by Crippen LogP contribution is 2.22. The summed E-state index contributed by atoms with van der Waals surface area (Å²) in [5.41, 5.74) is 5.43. The molecule has 0 bridgehead atoms. The molecule has 0 radical (unpaired) electrons. The van der Waals surface area contributed by atoms with E-state index in [2.05, 4.69) is 77.8 Å². The van der Waals surface area contributed by atoms with Crippen LogP contribution >= 0.6 is 0 Å². The van der Waals surface area contributed by atoms with Crippen LogP contribution in [-0.2, 0) is 0 Å². The smallest absolute Gasteiger partial charge is 0.229 e. The van der Waals surface area contributed by atoms with Crippen molar-refractivity contribution in [3.63, 3.8) is 0 Å².